The molecule has 2 fully saturated rings. The summed E-state index contributed by atoms with van der Waals surface area (Å²) in [6.45, 7) is 8.49. The fraction of sp³-hybridized carbons (Fsp3) is 0.706. The first-order valence-electron chi connectivity index (χ1n) is 8.16. The van der Waals surface area contributed by atoms with E-state index in [1.54, 1.807) is 0 Å². The maximum Gasteiger partial charge on any atom is 0.191 e. The van der Waals surface area contributed by atoms with Crippen molar-refractivity contribution < 1.29 is 4.74 Å². The van der Waals surface area contributed by atoms with Crippen LogP contribution in [0.25, 0.3) is 0 Å². The number of aryl methyl sites for hydroxylation is 1. The van der Waals surface area contributed by atoms with E-state index >= 15 is 0 Å². The standard InChI is InChI=1S/C17H27N3OS/c1-11-7-8-12(22-11)10-19-16(18-4)20-14-13-6-5-9-21-15(13)17(14,2)3/h7-8,13-15H,5-6,9-10H2,1-4H3,(H2,18,19,20). The molecule has 1 aliphatic heterocycles. The number of thiophene rings is 1. The Morgan fingerprint density at radius 2 is 2.27 bits per heavy atom. The Hall–Kier alpha value is -1.07. The van der Waals surface area contributed by atoms with E-state index in [-0.39, 0.29) is 5.41 Å². The van der Waals surface area contributed by atoms with Crippen LogP contribution in [0.15, 0.2) is 17.1 Å². The molecule has 0 bridgehead atoms. The van der Waals surface area contributed by atoms with Crippen molar-refractivity contribution in [2.75, 3.05) is 13.7 Å². The number of hydrogen-bond acceptors (Lipinski definition) is 3. The highest BCUT2D eigenvalue weighted by Gasteiger charge is 2.58. The molecule has 1 aromatic rings. The lowest BCUT2D eigenvalue weighted by atomic mass is 9.55. The summed E-state index contributed by atoms with van der Waals surface area (Å²) in [4.78, 5) is 7.08. The lowest BCUT2D eigenvalue weighted by Crippen LogP contribution is -2.70. The summed E-state index contributed by atoms with van der Waals surface area (Å²) in [5.41, 5.74) is 0.169. The molecule has 122 valence electrons. The first-order valence-corrected chi connectivity index (χ1v) is 8.98. The van der Waals surface area contributed by atoms with E-state index < -0.39 is 0 Å². The molecule has 0 amide bonds. The SMILES string of the molecule is CN=C(NCc1ccc(C)s1)NC1C2CCCOC2C1(C)C. The number of hydrogen-bond donors (Lipinski definition) is 2. The van der Waals surface area contributed by atoms with Gasteiger partial charge in [-0.15, -0.1) is 11.3 Å². The Morgan fingerprint density at radius 3 is 2.95 bits per heavy atom. The van der Waals surface area contributed by atoms with Crippen molar-refractivity contribution in [1.82, 2.24) is 10.6 Å². The molecule has 0 aromatic carbocycles. The summed E-state index contributed by atoms with van der Waals surface area (Å²) in [7, 11) is 1.84. The number of fused-ring (bicyclic) bond motifs is 1. The van der Waals surface area contributed by atoms with E-state index in [0.717, 1.165) is 19.1 Å². The average Bonchev–Trinajstić information content (AvgIpc) is 2.93. The normalized spacial score (nSPS) is 30.4. The molecule has 2 N–H and O–H groups in total. The predicted octanol–water partition coefficient (Wildman–Crippen LogP) is 2.93. The second-order valence-electron chi connectivity index (χ2n) is 6.98. The third kappa shape index (κ3) is 2.88. The summed E-state index contributed by atoms with van der Waals surface area (Å²) in [6, 6.07) is 4.78. The van der Waals surface area contributed by atoms with Crippen LogP contribution in [0.3, 0.4) is 0 Å². The van der Waals surface area contributed by atoms with E-state index in [1.807, 2.05) is 18.4 Å². The molecule has 3 rings (SSSR count). The first kappa shape index (κ1) is 15.8. The van der Waals surface area contributed by atoms with Gasteiger partial charge in [-0.25, -0.2) is 0 Å². The highest BCUT2D eigenvalue weighted by atomic mass is 32.1. The molecular weight excluding hydrogens is 294 g/mol. The van der Waals surface area contributed by atoms with Gasteiger partial charge in [0.15, 0.2) is 5.96 Å². The summed E-state index contributed by atoms with van der Waals surface area (Å²) < 4.78 is 5.97. The number of nitrogens with zero attached hydrogens (tertiary/aromatic N) is 1. The number of rotatable bonds is 3. The second kappa shape index (κ2) is 6.20. The zero-order chi connectivity index (χ0) is 15.7. The van der Waals surface area contributed by atoms with Crippen molar-refractivity contribution in [3.63, 3.8) is 0 Å². The zero-order valence-corrected chi connectivity index (χ0v) is 14.8. The third-order valence-electron chi connectivity index (χ3n) is 5.07. The first-order chi connectivity index (χ1) is 10.5. The molecule has 2 aliphatic rings. The van der Waals surface area contributed by atoms with Gasteiger partial charge in [0.25, 0.3) is 0 Å². The summed E-state index contributed by atoms with van der Waals surface area (Å²) in [5, 5.41) is 7.07. The Morgan fingerprint density at radius 1 is 1.45 bits per heavy atom. The van der Waals surface area contributed by atoms with Gasteiger partial charge in [-0.1, -0.05) is 13.8 Å². The maximum absolute atomic E-state index is 5.97. The molecule has 1 aromatic heterocycles. The number of ether oxygens (including phenoxy) is 1. The monoisotopic (exact) mass is 321 g/mol. The van der Waals surface area contributed by atoms with Gasteiger partial charge in [0.2, 0.25) is 0 Å². The minimum atomic E-state index is 0.169. The lowest BCUT2D eigenvalue weighted by molar-refractivity contribution is -0.188. The fourth-order valence-electron chi connectivity index (χ4n) is 3.91. The van der Waals surface area contributed by atoms with Crippen LogP contribution in [0.1, 0.15) is 36.4 Å². The Balaban J connectivity index is 1.58. The van der Waals surface area contributed by atoms with Crippen molar-refractivity contribution in [3.05, 3.63) is 21.9 Å². The fourth-order valence-corrected chi connectivity index (χ4v) is 4.74. The third-order valence-corrected chi connectivity index (χ3v) is 6.07. The molecule has 22 heavy (non-hydrogen) atoms. The van der Waals surface area contributed by atoms with Crippen LogP contribution < -0.4 is 10.6 Å². The Labute approximate surface area is 137 Å². The molecule has 4 nitrogen and oxygen atoms in total. The van der Waals surface area contributed by atoms with E-state index in [9.17, 15) is 0 Å². The van der Waals surface area contributed by atoms with Crippen molar-refractivity contribution >= 4 is 17.3 Å². The molecule has 3 unspecified atom stereocenters. The average molecular weight is 321 g/mol. The molecule has 1 saturated carbocycles. The van der Waals surface area contributed by atoms with Gasteiger partial charge in [-0.05, 0) is 31.9 Å². The van der Waals surface area contributed by atoms with Crippen molar-refractivity contribution in [2.24, 2.45) is 16.3 Å². The van der Waals surface area contributed by atoms with Gasteiger partial charge < -0.3 is 15.4 Å². The van der Waals surface area contributed by atoms with Crippen LogP contribution in [-0.2, 0) is 11.3 Å². The van der Waals surface area contributed by atoms with Gasteiger partial charge in [0, 0.05) is 40.8 Å². The summed E-state index contributed by atoms with van der Waals surface area (Å²) in [5.74, 6) is 1.51. The molecule has 1 saturated heterocycles. The van der Waals surface area contributed by atoms with Crippen molar-refractivity contribution in [2.45, 2.75) is 52.3 Å². The predicted molar refractivity (Wildman–Crippen MR) is 92.4 cm³/mol. The van der Waals surface area contributed by atoms with Gasteiger partial charge in [0.1, 0.15) is 0 Å². The van der Waals surface area contributed by atoms with Gasteiger partial charge in [-0.3, -0.25) is 4.99 Å². The number of aliphatic imine (C=N–C) groups is 1. The van der Waals surface area contributed by atoms with E-state index in [2.05, 4.69) is 48.5 Å². The number of guanidine groups is 1. The molecular formula is C17H27N3OS. The zero-order valence-electron chi connectivity index (χ0n) is 14.0. The van der Waals surface area contributed by atoms with Gasteiger partial charge in [0.05, 0.1) is 12.6 Å². The number of nitrogens with one attached hydrogen (secondary N) is 2. The minimum absolute atomic E-state index is 0.169. The van der Waals surface area contributed by atoms with Crippen LogP contribution in [0.2, 0.25) is 0 Å². The Kier molecular flexibility index (Phi) is 4.46. The van der Waals surface area contributed by atoms with Gasteiger partial charge >= 0.3 is 0 Å². The van der Waals surface area contributed by atoms with Crippen LogP contribution in [0.5, 0.6) is 0 Å². The van der Waals surface area contributed by atoms with Crippen LogP contribution in [0.4, 0.5) is 0 Å². The molecule has 0 spiro atoms. The highest BCUT2D eigenvalue weighted by molar-refractivity contribution is 7.11. The van der Waals surface area contributed by atoms with Crippen LogP contribution in [0, 0.1) is 18.3 Å². The van der Waals surface area contributed by atoms with Crippen molar-refractivity contribution in [1.29, 1.82) is 0 Å². The largest absolute Gasteiger partial charge is 0.377 e. The van der Waals surface area contributed by atoms with Gasteiger partial charge in [-0.2, -0.15) is 0 Å². The highest BCUT2D eigenvalue weighted by Crippen LogP contribution is 2.51. The molecule has 1 aliphatic carbocycles. The lowest BCUT2D eigenvalue weighted by Gasteiger charge is -2.60. The van der Waals surface area contributed by atoms with E-state index in [1.165, 1.54) is 22.6 Å². The molecule has 2 heterocycles. The smallest absolute Gasteiger partial charge is 0.191 e. The maximum atomic E-state index is 5.97. The van der Waals surface area contributed by atoms with Crippen LogP contribution in [-0.4, -0.2) is 31.8 Å². The van der Waals surface area contributed by atoms with E-state index in [0.29, 0.717) is 18.1 Å². The Bertz CT molecular complexity index is 552. The summed E-state index contributed by atoms with van der Waals surface area (Å²) >= 11 is 1.83. The van der Waals surface area contributed by atoms with Crippen LogP contribution >= 0.6 is 11.3 Å². The molecule has 5 heteroatoms. The minimum Gasteiger partial charge on any atom is -0.377 e. The topological polar surface area (TPSA) is 45.7 Å². The second-order valence-corrected chi connectivity index (χ2v) is 8.35. The van der Waals surface area contributed by atoms with E-state index in [4.69, 9.17) is 4.74 Å². The molecule has 0 radical (unpaired) electrons. The van der Waals surface area contributed by atoms with Crippen molar-refractivity contribution in [3.8, 4) is 0 Å². The quantitative estimate of drug-likeness (QED) is 0.665. The summed E-state index contributed by atoms with van der Waals surface area (Å²) in [6.07, 6.45) is 2.83. The molecule has 3 atom stereocenters.